The molecular weight excluding hydrogens is 456 g/mol. The number of ether oxygens (including phenoxy) is 2. The molecule has 2 N–H and O–H groups in total. The van der Waals surface area contributed by atoms with Crippen LogP contribution in [0.2, 0.25) is 0 Å². The minimum Gasteiger partial charge on any atom is -0.496 e. The second kappa shape index (κ2) is 12.8. The molecule has 1 aromatic heterocycles. The van der Waals surface area contributed by atoms with Crippen molar-refractivity contribution < 1.29 is 19.1 Å². The smallest absolute Gasteiger partial charge is 0.272 e. The molecule has 1 fully saturated rings. The average Bonchev–Trinajstić information content (AvgIpc) is 3.23. The van der Waals surface area contributed by atoms with Crippen molar-refractivity contribution in [2.45, 2.75) is 84.8 Å². The Hall–Kier alpha value is -3.03. The Morgan fingerprint density at radius 2 is 1.81 bits per heavy atom. The number of hydrogen-bond donors (Lipinski definition) is 2. The summed E-state index contributed by atoms with van der Waals surface area (Å²) < 4.78 is 13.1. The maximum atomic E-state index is 13.4. The van der Waals surface area contributed by atoms with Gasteiger partial charge in [-0.15, -0.1) is 0 Å². The van der Waals surface area contributed by atoms with Gasteiger partial charge in [0.2, 0.25) is 5.91 Å². The molecule has 2 unspecified atom stereocenters. The number of methoxy groups -OCH3 is 2. The van der Waals surface area contributed by atoms with Gasteiger partial charge in [-0.3, -0.25) is 14.3 Å². The quantitative estimate of drug-likeness (QED) is 0.413. The van der Waals surface area contributed by atoms with Crippen LogP contribution in [0.25, 0.3) is 11.3 Å². The molecule has 0 aliphatic heterocycles. The van der Waals surface area contributed by atoms with Crippen molar-refractivity contribution in [3.05, 3.63) is 30.0 Å². The highest BCUT2D eigenvalue weighted by Crippen LogP contribution is 2.39. The summed E-state index contributed by atoms with van der Waals surface area (Å²) in [6, 6.07) is 7.42. The minimum absolute atomic E-state index is 0.00704. The molecule has 36 heavy (non-hydrogen) atoms. The lowest BCUT2D eigenvalue weighted by molar-refractivity contribution is -0.122. The highest BCUT2D eigenvalue weighted by Gasteiger charge is 2.26. The first-order chi connectivity index (χ1) is 17.2. The summed E-state index contributed by atoms with van der Waals surface area (Å²) in [4.78, 5) is 26.0. The van der Waals surface area contributed by atoms with Gasteiger partial charge in [-0.2, -0.15) is 5.10 Å². The molecule has 1 aromatic carbocycles. The predicted molar refractivity (Wildman–Crippen MR) is 141 cm³/mol. The van der Waals surface area contributed by atoms with Gasteiger partial charge in [-0.05, 0) is 55.7 Å². The molecular formula is C28H42N4O4. The van der Waals surface area contributed by atoms with Crippen LogP contribution in [-0.4, -0.2) is 47.9 Å². The van der Waals surface area contributed by atoms with Crippen molar-refractivity contribution >= 4 is 11.8 Å². The number of carbonyl (C=O) groups excluding carboxylic acids is 2. The molecule has 1 heterocycles. The lowest BCUT2D eigenvalue weighted by Crippen LogP contribution is -2.44. The third kappa shape index (κ3) is 7.02. The number of nitrogens with zero attached hydrogens (tertiary/aromatic N) is 2. The number of amides is 2. The van der Waals surface area contributed by atoms with E-state index in [1.54, 1.807) is 20.3 Å². The van der Waals surface area contributed by atoms with Gasteiger partial charge >= 0.3 is 0 Å². The zero-order valence-electron chi connectivity index (χ0n) is 22.6. The highest BCUT2D eigenvalue weighted by atomic mass is 16.5. The number of nitrogens with one attached hydrogen (secondary N) is 2. The van der Waals surface area contributed by atoms with Gasteiger partial charge in [-0.1, -0.05) is 40.2 Å². The molecule has 8 nitrogen and oxygen atoms in total. The van der Waals surface area contributed by atoms with Gasteiger partial charge in [0.05, 0.1) is 25.5 Å². The van der Waals surface area contributed by atoms with Crippen molar-refractivity contribution in [2.75, 3.05) is 14.2 Å². The normalized spacial score (nSPS) is 15.2. The Bertz CT molecular complexity index is 1010. The van der Waals surface area contributed by atoms with Crippen LogP contribution in [0, 0.1) is 11.8 Å². The third-order valence-electron chi connectivity index (χ3n) is 6.87. The average molecular weight is 499 g/mol. The predicted octanol–water partition coefficient (Wildman–Crippen LogP) is 4.82. The minimum atomic E-state index is -0.282. The van der Waals surface area contributed by atoms with E-state index in [4.69, 9.17) is 14.6 Å². The molecule has 0 radical (unpaired) electrons. The lowest BCUT2D eigenvalue weighted by atomic mass is 9.92. The Labute approximate surface area is 215 Å². The van der Waals surface area contributed by atoms with Crippen molar-refractivity contribution in [1.82, 2.24) is 20.4 Å². The summed E-state index contributed by atoms with van der Waals surface area (Å²) in [7, 11) is 3.23. The monoisotopic (exact) mass is 498 g/mol. The fourth-order valence-electron chi connectivity index (χ4n) is 4.48. The third-order valence-corrected chi connectivity index (χ3v) is 6.87. The maximum Gasteiger partial charge on any atom is 0.272 e. The van der Waals surface area contributed by atoms with Crippen molar-refractivity contribution in [2.24, 2.45) is 11.8 Å². The van der Waals surface area contributed by atoms with Crippen LogP contribution in [0.3, 0.4) is 0 Å². The lowest BCUT2D eigenvalue weighted by Gasteiger charge is -2.27. The number of hydrogen-bond acceptors (Lipinski definition) is 5. The number of carbonyl (C=O) groups is 2. The summed E-state index contributed by atoms with van der Waals surface area (Å²) >= 11 is 0. The molecule has 1 saturated carbocycles. The van der Waals surface area contributed by atoms with Crippen LogP contribution in [0.4, 0.5) is 0 Å². The summed E-state index contributed by atoms with van der Waals surface area (Å²) in [6.07, 6.45) is 5.20. The van der Waals surface area contributed by atoms with E-state index >= 15 is 0 Å². The van der Waals surface area contributed by atoms with E-state index in [9.17, 15) is 9.59 Å². The largest absolute Gasteiger partial charge is 0.496 e. The van der Waals surface area contributed by atoms with Gasteiger partial charge in [0, 0.05) is 25.0 Å². The van der Waals surface area contributed by atoms with E-state index in [0.717, 1.165) is 36.9 Å². The van der Waals surface area contributed by atoms with Gasteiger partial charge in [-0.25, -0.2) is 0 Å². The highest BCUT2D eigenvalue weighted by molar-refractivity contribution is 5.94. The molecule has 1 aliphatic carbocycles. The van der Waals surface area contributed by atoms with Crippen LogP contribution in [-0.2, 0) is 11.3 Å². The molecule has 0 spiro atoms. The fourth-order valence-corrected chi connectivity index (χ4v) is 4.48. The Morgan fingerprint density at radius 3 is 2.33 bits per heavy atom. The number of aromatic nitrogens is 2. The summed E-state index contributed by atoms with van der Waals surface area (Å²) in [5.41, 5.74) is 1.84. The van der Waals surface area contributed by atoms with Crippen LogP contribution < -0.4 is 20.1 Å². The Morgan fingerprint density at radius 1 is 1.14 bits per heavy atom. The maximum absolute atomic E-state index is 13.4. The molecule has 198 valence electrons. The van der Waals surface area contributed by atoms with Crippen LogP contribution in [0.5, 0.6) is 11.5 Å². The molecule has 0 bridgehead atoms. The SMILES string of the molecule is CCC(C)Cn1nc(C(=O)NC(CC(=O)NC2CCC2)CC(C)C)cc1-c1c(OC)cccc1OC. The number of benzene rings is 1. The Balaban J connectivity index is 1.88. The molecule has 1 aliphatic rings. The molecule has 3 rings (SSSR count). The fraction of sp³-hybridized carbons (Fsp3) is 0.607. The van der Waals surface area contributed by atoms with Crippen molar-refractivity contribution in [3.63, 3.8) is 0 Å². The van der Waals surface area contributed by atoms with Crippen LogP contribution in [0.1, 0.15) is 76.7 Å². The molecule has 2 amide bonds. The second-order valence-corrected chi connectivity index (χ2v) is 10.3. The molecule has 8 heteroatoms. The standard InChI is InChI=1S/C28H42N4O4/c1-7-19(4)17-32-23(27-24(35-5)12-9-13-25(27)36-6)16-22(31-32)28(34)30-21(14-18(2)3)15-26(33)29-20-10-8-11-20/h9,12-13,16,18-21H,7-8,10-11,14-15,17H2,1-6H3,(H,29,33)(H,30,34). The van der Waals surface area contributed by atoms with E-state index in [2.05, 4.69) is 38.3 Å². The van der Waals surface area contributed by atoms with Crippen LogP contribution >= 0.6 is 0 Å². The van der Waals surface area contributed by atoms with E-state index in [1.807, 2.05) is 22.9 Å². The first kappa shape index (κ1) is 27.6. The van der Waals surface area contributed by atoms with Crippen molar-refractivity contribution in [3.8, 4) is 22.8 Å². The first-order valence-electron chi connectivity index (χ1n) is 13.1. The van der Waals surface area contributed by atoms with Gasteiger partial charge in [0.15, 0.2) is 5.69 Å². The van der Waals surface area contributed by atoms with Gasteiger partial charge < -0.3 is 20.1 Å². The number of rotatable bonds is 13. The molecule has 0 saturated heterocycles. The zero-order chi connectivity index (χ0) is 26.2. The summed E-state index contributed by atoms with van der Waals surface area (Å²) in [5.74, 6) is 1.71. The van der Waals surface area contributed by atoms with Gasteiger partial charge in [0.25, 0.3) is 5.91 Å². The van der Waals surface area contributed by atoms with E-state index in [1.165, 1.54) is 0 Å². The summed E-state index contributed by atoms with van der Waals surface area (Å²) in [5, 5.41) is 10.9. The molecule has 2 aromatic rings. The zero-order valence-corrected chi connectivity index (χ0v) is 22.6. The van der Waals surface area contributed by atoms with E-state index in [-0.39, 0.29) is 30.3 Å². The Kier molecular flexibility index (Phi) is 9.79. The first-order valence-corrected chi connectivity index (χ1v) is 13.1. The van der Waals surface area contributed by atoms with E-state index in [0.29, 0.717) is 42.0 Å². The van der Waals surface area contributed by atoms with E-state index < -0.39 is 0 Å². The molecule has 2 atom stereocenters. The summed E-state index contributed by atoms with van der Waals surface area (Å²) in [6.45, 7) is 9.13. The topological polar surface area (TPSA) is 94.5 Å². The second-order valence-electron chi connectivity index (χ2n) is 10.3. The van der Waals surface area contributed by atoms with Crippen LogP contribution in [0.15, 0.2) is 24.3 Å². The van der Waals surface area contributed by atoms with Gasteiger partial charge in [0.1, 0.15) is 11.5 Å². The van der Waals surface area contributed by atoms with Crippen molar-refractivity contribution in [1.29, 1.82) is 0 Å².